The molecule has 2 heterocycles. The highest BCUT2D eigenvalue weighted by Gasteiger charge is 2.27. The van der Waals surface area contributed by atoms with Crippen LogP contribution in [0.1, 0.15) is 19.8 Å². The lowest BCUT2D eigenvalue weighted by Crippen LogP contribution is -2.49. The van der Waals surface area contributed by atoms with Gasteiger partial charge in [0.15, 0.2) is 0 Å². The second kappa shape index (κ2) is 7.31. The zero-order chi connectivity index (χ0) is 11.9. The van der Waals surface area contributed by atoms with Crippen LogP contribution < -0.4 is 5.32 Å². The van der Waals surface area contributed by atoms with Crippen LogP contribution in [0.3, 0.4) is 0 Å². The Labute approximate surface area is 105 Å². The zero-order valence-electron chi connectivity index (χ0n) is 11.0. The van der Waals surface area contributed by atoms with E-state index in [1.807, 2.05) is 0 Å². The van der Waals surface area contributed by atoms with Gasteiger partial charge in [-0.2, -0.15) is 0 Å². The average molecular weight is 242 g/mol. The van der Waals surface area contributed by atoms with Gasteiger partial charge in [0.2, 0.25) is 0 Å². The minimum Gasteiger partial charge on any atom is -0.381 e. The number of ether oxygens (including phenoxy) is 2. The summed E-state index contributed by atoms with van der Waals surface area (Å²) >= 11 is 0. The maximum absolute atomic E-state index is 5.64. The third-order valence-corrected chi connectivity index (χ3v) is 3.73. The Kier molecular flexibility index (Phi) is 5.71. The van der Waals surface area contributed by atoms with Crippen LogP contribution in [0.25, 0.3) is 0 Å². The molecule has 0 spiro atoms. The maximum Gasteiger partial charge on any atom is 0.0594 e. The Bertz CT molecular complexity index is 208. The fourth-order valence-corrected chi connectivity index (χ4v) is 2.69. The van der Waals surface area contributed by atoms with Gasteiger partial charge >= 0.3 is 0 Å². The smallest absolute Gasteiger partial charge is 0.0594 e. The van der Waals surface area contributed by atoms with Gasteiger partial charge in [-0.1, -0.05) is 6.92 Å². The molecular formula is C13H26N2O2. The van der Waals surface area contributed by atoms with Crippen molar-refractivity contribution in [2.45, 2.75) is 25.8 Å². The second-order valence-electron chi connectivity index (χ2n) is 5.10. The summed E-state index contributed by atoms with van der Waals surface area (Å²) in [7, 11) is 0. The molecule has 100 valence electrons. The van der Waals surface area contributed by atoms with Gasteiger partial charge in [0.1, 0.15) is 0 Å². The molecule has 0 bridgehead atoms. The van der Waals surface area contributed by atoms with Crippen LogP contribution >= 0.6 is 0 Å². The first-order valence-electron chi connectivity index (χ1n) is 7.01. The molecule has 2 aliphatic rings. The Morgan fingerprint density at radius 1 is 1.18 bits per heavy atom. The van der Waals surface area contributed by atoms with Crippen molar-refractivity contribution >= 4 is 0 Å². The fraction of sp³-hybridized carbons (Fsp3) is 1.00. The number of nitrogens with zero attached hydrogens (tertiary/aromatic N) is 1. The summed E-state index contributed by atoms with van der Waals surface area (Å²) in [5.74, 6) is 0.647. The maximum atomic E-state index is 5.64. The van der Waals surface area contributed by atoms with E-state index in [-0.39, 0.29) is 0 Å². The van der Waals surface area contributed by atoms with Gasteiger partial charge in [0.05, 0.1) is 19.8 Å². The van der Waals surface area contributed by atoms with E-state index in [1.165, 1.54) is 6.42 Å². The van der Waals surface area contributed by atoms with Gasteiger partial charge in [0, 0.05) is 38.2 Å². The van der Waals surface area contributed by atoms with Crippen LogP contribution in [0.2, 0.25) is 0 Å². The van der Waals surface area contributed by atoms with E-state index in [1.54, 1.807) is 0 Å². The van der Waals surface area contributed by atoms with E-state index in [9.17, 15) is 0 Å². The van der Waals surface area contributed by atoms with E-state index < -0.39 is 0 Å². The van der Waals surface area contributed by atoms with Crippen LogP contribution in [0.5, 0.6) is 0 Å². The molecule has 0 aliphatic carbocycles. The predicted molar refractivity (Wildman–Crippen MR) is 68.3 cm³/mol. The molecule has 4 heteroatoms. The van der Waals surface area contributed by atoms with Crippen molar-refractivity contribution in [3.63, 3.8) is 0 Å². The fourth-order valence-electron chi connectivity index (χ4n) is 2.69. The Balaban J connectivity index is 1.78. The summed E-state index contributed by atoms with van der Waals surface area (Å²) in [6.45, 7) is 10.3. The van der Waals surface area contributed by atoms with E-state index in [2.05, 4.69) is 17.1 Å². The van der Waals surface area contributed by atoms with Crippen molar-refractivity contribution in [1.29, 1.82) is 0 Å². The van der Waals surface area contributed by atoms with Crippen molar-refractivity contribution in [2.75, 3.05) is 52.6 Å². The van der Waals surface area contributed by atoms with Crippen molar-refractivity contribution in [1.82, 2.24) is 10.2 Å². The monoisotopic (exact) mass is 242 g/mol. The third-order valence-electron chi connectivity index (χ3n) is 3.73. The first-order valence-corrected chi connectivity index (χ1v) is 7.01. The van der Waals surface area contributed by atoms with Gasteiger partial charge in [-0.05, 0) is 19.4 Å². The molecule has 0 aromatic rings. The van der Waals surface area contributed by atoms with Crippen LogP contribution in [0, 0.1) is 5.92 Å². The minimum absolute atomic E-state index is 0.645. The van der Waals surface area contributed by atoms with Gasteiger partial charge in [-0.3, -0.25) is 4.90 Å². The normalized spacial score (nSPS) is 31.6. The molecule has 4 nitrogen and oxygen atoms in total. The van der Waals surface area contributed by atoms with Gasteiger partial charge in [0.25, 0.3) is 0 Å². The molecule has 0 aromatic carbocycles. The van der Waals surface area contributed by atoms with Crippen LogP contribution in [-0.2, 0) is 9.47 Å². The largest absolute Gasteiger partial charge is 0.381 e. The van der Waals surface area contributed by atoms with Gasteiger partial charge in [-0.15, -0.1) is 0 Å². The molecule has 2 unspecified atom stereocenters. The molecule has 2 aliphatic heterocycles. The molecule has 17 heavy (non-hydrogen) atoms. The lowest BCUT2D eigenvalue weighted by Gasteiger charge is -2.37. The molecule has 0 aromatic heterocycles. The van der Waals surface area contributed by atoms with E-state index in [0.717, 1.165) is 59.0 Å². The van der Waals surface area contributed by atoms with Crippen molar-refractivity contribution in [2.24, 2.45) is 5.92 Å². The molecule has 2 saturated heterocycles. The average Bonchev–Trinajstić information content (AvgIpc) is 2.39. The standard InChI is InChI=1S/C13H26N2O2/c1-2-4-14-13-3-7-17-11-12(13)10-15-5-8-16-9-6-15/h12-14H,2-11H2,1H3. The molecule has 2 atom stereocenters. The number of hydrogen-bond acceptors (Lipinski definition) is 4. The third kappa shape index (κ3) is 4.21. The molecule has 0 amide bonds. The highest BCUT2D eigenvalue weighted by atomic mass is 16.5. The number of rotatable bonds is 5. The Morgan fingerprint density at radius 2 is 2.00 bits per heavy atom. The summed E-state index contributed by atoms with van der Waals surface area (Å²) in [6.07, 6.45) is 2.37. The molecular weight excluding hydrogens is 216 g/mol. The summed E-state index contributed by atoms with van der Waals surface area (Å²) in [4.78, 5) is 2.52. The van der Waals surface area contributed by atoms with Crippen molar-refractivity contribution < 1.29 is 9.47 Å². The highest BCUT2D eigenvalue weighted by Crippen LogP contribution is 2.17. The topological polar surface area (TPSA) is 33.7 Å². The molecule has 1 N–H and O–H groups in total. The molecule has 2 fully saturated rings. The predicted octanol–water partition coefficient (Wildman–Crippen LogP) is 0.723. The van der Waals surface area contributed by atoms with Crippen LogP contribution in [-0.4, -0.2) is 63.5 Å². The highest BCUT2D eigenvalue weighted by molar-refractivity contribution is 4.82. The lowest BCUT2D eigenvalue weighted by molar-refractivity contribution is -0.0104. The zero-order valence-corrected chi connectivity index (χ0v) is 11.0. The Hall–Kier alpha value is -0.160. The summed E-state index contributed by atoms with van der Waals surface area (Å²) in [5.41, 5.74) is 0. The van der Waals surface area contributed by atoms with Crippen molar-refractivity contribution in [3.8, 4) is 0 Å². The van der Waals surface area contributed by atoms with E-state index >= 15 is 0 Å². The SMILES string of the molecule is CCCNC1CCOCC1CN1CCOCC1. The van der Waals surface area contributed by atoms with Crippen molar-refractivity contribution in [3.05, 3.63) is 0 Å². The van der Waals surface area contributed by atoms with E-state index in [0.29, 0.717) is 12.0 Å². The van der Waals surface area contributed by atoms with Gasteiger partial charge < -0.3 is 14.8 Å². The quantitative estimate of drug-likeness (QED) is 0.770. The number of morpholine rings is 1. The lowest BCUT2D eigenvalue weighted by atomic mass is 9.95. The summed E-state index contributed by atoms with van der Waals surface area (Å²) in [6, 6.07) is 0.645. The number of hydrogen-bond donors (Lipinski definition) is 1. The first kappa shape index (κ1) is 13.3. The second-order valence-corrected chi connectivity index (χ2v) is 5.10. The molecule has 0 radical (unpaired) electrons. The first-order chi connectivity index (χ1) is 8.40. The van der Waals surface area contributed by atoms with Crippen LogP contribution in [0.4, 0.5) is 0 Å². The van der Waals surface area contributed by atoms with E-state index in [4.69, 9.17) is 9.47 Å². The minimum atomic E-state index is 0.645. The molecule has 0 saturated carbocycles. The van der Waals surface area contributed by atoms with Gasteiger partial charge in [-0.25, -0.2) is 0 Å². The molecule has 2 rings (SSSR count). The summed E-state index contributed by atoms with van der Waals surface area (Å²) < 4.78 is 11.0. The summed E-state index contributed by atoms with van der Waals surface area (Å²) in [5, 5.41) is 3.67. The Morgan fingerprint density at radius 3 is 2.76 bits per heavy atom. The number of nitrogens with one attached hydrogen (secondary N) is 1. The van der Waals surface area contributed by atoms with Crippen LogP contribution in [0.15, 0.2) is 0 Å².